The van der Waals surface area contributed by atoms with Gasteiger partial charge in [-0.15, -0.1) is 34.0 Å². The number of hydrogen-bond donors (Lipinski definition) is 0. The molecule has 0 aliphatic rings. The van der Waals surface area contributed by atoms with Gasteiger partial charge in [0.2, 0.25) is 11.6 Å². The Morgan fingerprint density at radius 3 is 1.23 bits per heavy atom. The number of Topliss-reactive ketones (excluding diaryl/α,β-unsaturated/α-hetero) is 2. The topological polar surface area (TPSA) is 34.1 Å². The maximum atomic E-state index is 13.0. The molecule has 2 nitrogen and oxygen atoms in total. The molecule has 0 amide bonds. The molecule has 0 heterocycles. The van der Waals surface area contributed by atoms with Crippen LogP contribution in [0.4, 0.5) is 8.78 Å². The van der Waals surface area contributed by atoms with E-state index < -0.39 is 23.2 Å². The van der Waals surface area contributed by atoms with Gasteiger partial charge >= 0.3 is 0 Å². The molecule has 0 unspecified atom stereocenters. The third-order valence-electron chi connectivity index (χ3n) is 2.72. The van der Waals surface area contributed by atoms with Gasteiger partial charge in [-0.1, -0.05) is 60.7 Å². The summed E-state index contributed by atoms with van der Waals surface area (Å²) in [6.07, 6.45) is -2.27. The standard InChI is InChI=1S/C16H10F2O2.2BrH/c17-16(18)13(14(19)11-7-3-1-4-8-11)15(20)12-9-5-2-6-10-12;;/h1-10H;2*1H. The summed E-state index contributed by atoms with van der Waals surface area (Å²) >= 11 is 0. The third-order valence-corrected chi connectivity index (χ3v) is 2.72. The van der Waals surface area contributed by atoms with Gasteiger partial charge in [-0.2, -0.15) is 8.78 Å². The molecule has 2 aromatic carbocycles. The van der Waals surface area contributed by atoms with E-state index in [1.165, 1.54) is 24.3 Å². The third kappa shape index (κ3) is 4.68. The maximum absolute atomic E-state index is 13.0. The van der Waals surface area contributed by atoms with E-state index in [2.05, 4.69) is 0 Å². The van der Waals surface area contributed by atoms with Gasteiger partial charge in [0.25, 0.3) is 6.08 Å². The Labute approximate surface area is 147 Å². The van der Waals surface area contributed by atoms with Crippen LogP contribution in [0.25, 0.3) is 0 Å². The van der Waals surface area contributed by atoms with E-state index in [-0.39, 0.29) is 45.1 Å². The summed E-state index contributed by atoms with van der Waals surface area (Å²) in [5, 5.41) is 0. The summed E-state index contributed by atoms with van der Waals surface area (Å²) in [6.45, 7) is 0. The zero-order chi connectivity index (χ0) is 14.5. The van der Waals surface area contributed by atoms with Crippen molar-refractivity contribution in [3.8, 4) is 0 Å². The predicted molar refractivity (Wildman–Crippen MR) is 91.4 cm³/mol. The van der Waals surface area contributed by atoms with E-state index in [1.54, 1.807) is 36.4 Å². The molecule has 0 aliphatic carbocycles. The Balaban J connectivity index is 0.00000220. The van der Waals surface area contributed by atoms with Crippen molar-refractivity contribution in [3.63, 3.8) is 0 Å². The molecular formula is C16H12Br2F2O2. The molecule has 2 rings (SSSR count). The second kappa shape index (κ2) is 9.38. The number of benzene rings is 2. The Morgan fingerprint density at radius 2 is 0.955 bits per heavy atom. The van der Waals surface area contributed by atoms with E-state index in [1.807, 2.05) is 0 Å². The van der Waals surface area contributed by atoms with Gasteiger partial charge in [-0.3, -0.25) is 9.59 Å². The van der Waals surface area contributed by atoms with Gasteiger partial charge in [0.15, 0.2) is 0 Å². The van der Waals surface area contributed by atoms with Crippen molar-refractivity contribution in [1.29, 1.82) is 0 Å². The minimum absolute atomic E-state index is 0. The molecule has 0 spiro atoms. The van der Waals surface area contributed by atoms with Crippen LogP contribution < -0.4 is 0 Å². The number of carbonyl (C=O) groups is 2. The smallest absolute Gasteiger partial charge is 0.285 e. The Morgan fingerprint density at radius 1 is 0.636 bits per heavy atom. The average Bonchev–Trinajstić information content (AvgIpc) is 2.48. The van der Waals surface area contributed by atoms with Crippen molar-refractivity contribution in [2.45, 2.75) is 0 Å². The van der Waals surface area contributed by atoms with E-state index in [4.69, 9.17) is 0 Å². The van der Waals surface area contributed by atoms with E-state index >= 15 is 0 Å². The number of rotatable bonds is 4. The fourth-order valence-corrected chi connectivity index (χ4v) is 1.74. The van der Waals surface area contributed by atoms with Gasteiger partial charge in [0, 0.05) is 11.1 Å². The first-order valence-corrected chi connectivity index (χ1v) is 5.86. The number of carbonyl (C=O) groups excluding carboxylic acids is 2. The molecule has 0 bridgehead atoms. The van der Waals surface area contributed by atoms with Crippen LogP contribution in [0.15, 0.2) is 72.3 Å². The Bertz CT molecular complexity index is 614. The van der Waals surface area contributed by atoms with Crippen molar-refractivity contribution < 1.29 is 18.4 Å². The van der Waals surface area contributed by atoms with Crippen LogP contribution in [0.1, 0.15) is 20.7 Å². The van der Waals surface area contributed by atoms with Crippen LogP contribution in [-0.4, -0.2) is 11.6 Å². The van der Waals surface area contributed by atoms with Crippen molar-refractivity contribution in [2.75, 3.05) is 0 Å². The lowest BCUT2D eigenvalue weighted by Crippen LogP contribution is -2.14. The molecule has 116 valence electrons. The van der Waals surface area contributed by atoms with E-state index in [9.17, 15) is 18.4 Å². The fraction of sp³-hybridized carbons (Fsp3) is 0. The summed E-state index contributed by atoms with van der Waals surface area (Å²) in [5.41, 5.74) is -0.971. The highest BCUT2D eigenvalue weighted by Gasteiger charge is 2.26. The normalized spacial score (nSPS) is 9.00. The molecule has 0 N–H and O–H groups in total. The van der Waals surface area contributed by atoms with Gasteiger partial charge < -0.3 is 0 Å². The molecular weight excluding hydrogens is 422 g/mol. The summed E-state index contributed by atoms with van der Waals surface area (Å²) in [7, 11) is 0. The summed E-state index contributed by atoms with van der Waals surface area (Å²) in [6, 6.07) is 15.1. The van der Waals surface area contributed by atoms with Crippen molar-refractivity contribution in [1.82, 2.24) is 0 Å². The monoisotopic (exact) mass is 432 g/mol. The maximum Gasteiger partial charge on any atom is 0.285 e. The summed E-state index contributed by atoms with van der Waals surface area (Å²) in [4.78, 5) is 24.1. The molecule has 0 aromatic heterocycles. The largest absolute Gasteiger partial charge is 0.288 e. The first-order valence-electron chi connectivity index (χ1n) is 5.86. The highest BCUT2D eigenvalue weighted by molar-refractivity contribution is 8.93. The second-order valence-corrected chi connectivity index (χ2v) is 4.03. The van der Waals surface area contributed by atoms with Crippen LogP contribution in [0, 0.1) is 0 Å². The average molecular weight is 434 g/mol. The molecule has 6 heteroatoms. The van der Waals surface area contributed by atoms with Crippen molar-refractivity contribution in [2.24, 2.45) is 0 Å². The second-order valence-electron chi connectivity index (χ2n) is 4.03. The minimum Gasteiger partial charge on any atom is -0.288 e. The molecule has 0 radical (unpaired) electrons. The Kier molecular flexibility index (Phi) is 8.67. The highest BCUT2D eigenvalue weighted by atomic mass is 79.9. The number of halogens is 4. The van der Waals surface area contributed by atoms with Crippen LogP contribution >= 0.6 is 34.0 Å². The van der Waals surface area contributed by atoms with Gasteiger partial charge in [-0.25, -0.2) is 0 Å². The number of ketones is 2. The predicted octanol–water partition coefficient (Wildman–Crippen LogP) is 5.06. The molecule has 0 fully saturated rings. The van der Waals surface area contributed by atoms with E-state index in [0.29, 0.717) is 0 Å². The quantitative estimate of drug-likeness (QED) is 0.292. The lowest BCUT2D eigenvalue weighted by Gasteiger charge is -2.05. The van der Waals surface area contributed by atoms with Crippen molar-refractivity contribution >= 4 is 45.5 Å². The first kappa shape index (κ1) is 20.3. The molecule has 22 heavy (non-hydrogen) atoms. The molecule has 0 saturated heterocycles. The van der Waals surface area contributed by atoms with Crippen LogP contribution in [0.2, 0.25) is 0 Å². The molecule has 0 atom stereocenters. The van der Waals surface area contributed by atoms with Crippen LogP contribution in [0.5, 0.6) is 0 Å². The molecule has 0 saturated carbocycles. The number of hydrogen-bond acceptors (Lipinski definition) is 2. The van der Waals surface area contributed by atoms with E-state index in [0.717, 1.165) is 0 Å². The lowest BCUT2D eigenvalue weighted by atomic mass is 9.97. The van der Waals surface area contributed by atoms with Gasteiger partial charge in [-0.05, 0) is 0 Å². The SMILES string of the molecule is Br.Br.O=C(C(C(=O)c1ccccc1)=C(F)F)c1ccccc1. The summed E-state index contributed by atoms with van der Waals surface area (Å²) < 4.78 is 26.0. The summed E-state index contributed by atoms with van der Waals surface area (Å²) in [5.74, 6) is -1.95. The van der Waals surface area contributed by atoms with Crippen LogP contribution in [0.3, 0.4) is 0 Å². The van der Waals surface area contributed by atoms with Gasteiger partial charge in [0.1, 0.15) is 5.57 Å². The first-order chi connectivity index (χ1) is 9.61. The highest BCUT2D eigenvalue weighted by Crippen LogP contribution is 2.19. The van der Waals surface area contributed by atoms with Crippen molar-refractivity contribution in [3.05, 3.63) is 83.4 Å². The zero-order valence-electron chi connectivity index (χ0n) is 11.2. The minimum atomic E-state index is -2.27. The van der Waals surface area contributed by atoms with Gasteiger partial charge in [0.05, 0.1) is 0 Å². The molecule has 2 aromatic rings. The zero-order valence-corrected chi connectivity index (χ0v) is 14.6. The van der Waals surface area contributed by atoms with Crippen LogP contribution in [-0.2, 0) is 0 Å². The fourth-order valence-electron chi connectivity index (χ4n) is 1.74. The molecule has 0 aliphatic heterocycles. The Hall–Kier alpha value is -1.66. The number of allylic oxidation sites excluding steroid dienone is 1. The lowest BCUT2D eigenvalue weighted by molar-refractivity contribution is 0.0952.